The topological polar surface area (TPSA) is 103 Å². The van der Waals surface area contributed by atoms with Gasteiger partial charge in [0, 0.05) is 5.56 Å². The first-order valence-electron chi connectivity index (χ1n) is 8.85. The highest BCUT2D eigenvalue weighted by molar-refractivity contribution is 7.17. The van der Waals surface area contributed by atoms with E-state index in [0.29, 0.717) is 44.7 Å². The number of aromatic carboxylic acids is 1. The Bertz CT molecular complexity index is 1270. The zero-order valence-corrected chi connectivity index (χ0v) is 17.1. The number of rotatable bonds is 5. The quantitative estimate of drug-likeness (QED) is 0.510. The minimum atomic E-state index is -1.01. The van der Waals surface area contributed by atoms with E-state index in [2.05, 4.69) is 20.4 Å². The van der Waals surface area contributed by atoms with E-state index in [1.807, 2.05) is 0 Å². The summed E-state index contributed by atoms with van der Waals surface area (Å²) in [6.45, 7) is 3.40. The summed E-state index contributed by atoms with van der Waals surface area (Å²) in [6, 6.07) is 9.53. The van der Waals surface area contributed by atoms with E-state index in [1.54, 1.807) is 45.2 Å². The third kappa shape index (κ3) is 3.77. The lowest BCUT2D eigenvalue weighted by Gasteiger charge is -2.12. The SMILES string of the molecule is Cc1cc(F)ccc1Oc1ccc(-c2nc(C)c(C(=O)O)s2)cc1-c1nnn(C)n1. The van der Waals surface area contributed by atoms with E-state index in [9.17, 15) is 14.3 Å². The molecule has 2 aromatic carbocycles. The van der Waals surface area contributed by atoms with Gasteiger partial charge in [0.15, 0.2) is 0 Å². The Balaban J connectivity index is 1.81. The maximum Gasteiger partial charge on any atom is 0.347 e. The predicted molar refractivity (Wildman–Crippen MR) is 108 cm³/mol. The van der Waals surface area contributed by atoms with Crippen LogP contribution in [0.5, 0.6) is 11.5 Å². The van der Waals surface area contributed by atoms with Gasteiger partial charge in [-0.15, -0.1) is 21.5 Å². The summed E-state index contributed by atoms with van der Waals surface area (Å²) < 4.78 is 19.5. The number of thiazole rings is 1. The van der Waals surface area contributed by atoms with Gasteiger partial charge in [0.25, 0.3) is 0 Å². The van der Waals surface area contributed by atoms with Crippen LogP contribution in [0.2, 0.25) is 0 Å². The second-order valence-corrected chi connectivity index (χ2v) is 7.56. The van der Waals surface area contributed by atoms with Crippen molar-refractivity contribution in [3.05, 3.63) is 58.3 Å². The van der Waals surface area contributed by atoms with Crippen molar-refractivity contribution in [3.63, 3.8) is 0 Å². The summed E-state index contributed by atoms with van der Waals surface area (Å²) >= 11 is 1.09. The Morgan fingerprint density at radius 2 is 1.93 bits per heavy atom. The summed E-state index contributed by atoms with van der Waals surface area (Å²) in [6.07, 6.45) is 0. The molecule has 0 saturated carbocycles. The standard InChI is InChI=1S/C20H16FN5O3S/c1-10-8-13(21)5-7-15(10)29-16-6-4-12(9-14(16)18-23-25-26(3)24-18)19-22-11(2)17(30-19)20(27)28/h4-9H,1-3H3,(H,27,28). The number of carboxylic acids is 1. The second kappa shape index (κ2) is 7.64. The van der Waals surface area contributed by atoms with Crippen LogP contribution in [0, 0.1) is 19.7 Å². The lowest BCUT2D eigenvalue weighted by molar-refractivity contribution is 0.0701. The summed E-state index contributed by atoms with van der Waals surface area (Å²) in [5.74, 6) is -0.0835. The van der Waals surface area contributed by atoms with Gasteiger partial charge in [0.05, 0.1) is 18.3 Å². The molecule has 2 aromatic heterocycles. The molecule has 0 aliphatic carbocycles. The lowest BCUT2D eigenvalue weighted by Crippen LogP contribution is -1.95. The van der Waals surface area contributed by atoms with E-state index in [4.69, 9.17) is 4.74 Å². The lowest BCUT2D eigenvalue weighted by atomic mass is 10.1. The smallest absolute Gasteiger partial charge is 0.347 e. The van der Waals surface area contributed by atoms with Crippen molar-refractivity contribution >= 4 is 17.3 Å². The number of tetrazole rings is 1. The van der Waals surface area contributed by atoms with Crippen LogP contribution in [0.15, 0.2) is 36.4 Å². The number of carbonyl (C=O) groups is 1. The molecule has 4 aromatic rings. The second-order valence-electron chi connectivity index (χ2n) is 6.56. The predicted octanol–water partition coefficient (Wildman–Crippen LogP) is 4.25. The van der Waals surface area contributed by atoms with Gasteiger partial charge in [-0.2, -0.15) is 4.80 Å². The van der Waals surface area contributed by atoms with Crippen LogP contribution in [0.1, 0.15) is 20.9 Å². The Morgan fingerprint density at radius 1 is 1.17 bits per heavy atom. The molecule has 0 atom stereocenters. The molecule has 0 bridgehead atoms. The van der Waals surface area contributed by atoms with Crippen LogP contribution < -0.4 is 4.74 Å². The van der Waals surface area contributed by atoms with Crippen molar-refractivity contribution in [2.75, 3.05) is 0 Å². The van der Waals surface area contributed by atoms with Crippen molar-refractivity contribution in [2.24, 2.45) is 7.05 Å². The first kappa shape index (κ1) is 19.6. The fraction of sp³-hybridized carbons (Fsp3) is 0.150. The molecule has 0 unspecified atom stereocenters. The van der Waals surface area contributed by atoms with E-state index in [-0.39, 0.29) is 10.7 Å². The molecule has 0 spiro atoms. The van der Waals surface area contributed by atoms with Gasteiger partial charge in [0.2, 0.25) is 5.82 Å². The molecule has 0 aliphatic rings. The number of benzene rings is 2. The Labute approximate surface area is 174 Å². The molecule has 0 aliphatic heterocycles. The highest BCUT2D eigenvalue weighted by atomic mass is 32.1. The zero-order chi connectivity index (χ0) is 21.4. The van der Waals surface area contributed by atoms with Crippen LogP contribution in [-0.2, 0) is 7.05 Å². The Kier molecular flexibility index (Phi) is 5.00. The molecule has 0 radical (unpaired) electrons. The molecule has 8 nitrogen and oxygen atoms in total. The number of hydrogen-bond donors (Lipinski definition) is 1. The molecule has 30 heavy (non-hydrogen) atoms. The molecule has 0 saturated heterocycles. The minimum Gasteiger partial charge on any atom is -0.477 e. The maximum absolute atomic E-state index is 13.4. The number of aromatic nitrogens is 5. The van der Waals surface area contributed by atoms with Crippen LogP contribution in [-0.4, -0.2) is 36.3 Å². The van der Waals surface area contributed by atoms with Crippen LogP contribution in [0.4, 0.5) is 4.39 Å². The van der Waals surface area contributed by atoms with Gasteiger partial charge in [-0.05, 0) is 61.0 Å². The van der Waals surface area contributed by atoms with Crippen LogP contribution in [0.25, 0.3) is 22.0 Å². The van der Waals surface area contributed by atoms with Gasteiger partial charge in [-0.25, -0.2) is 14.2 Å². The molecule has 0 amide bonds. The average molecular weight is 425 g/mol. The number of ether oxygens (including phenoxy) is 1. The fourth-order valence-electron chi connectivity index (χ4n) is 2.88. The van der Waals surface area contributed by atoms with Gasteiger partial charge >= 0.3 is 5.97 Å². The normalized spacial score (nSPS) is 10.9. The third-order valence-electron chi connectivity index (χ3n) is 4.32. The van der Waals surface area contributed by atoms with Gasteiger partial charge in [-0.1, -0.05) is 0 Å². The molecule has 2 heterocycles. The highest BCUT2D eigenvalue weighted by Crippen LogP contribution is 2.37. The molecular formula is C20H16FN5O3S. The van der Waals surface area contributed by atoms with Gasteiger partial charge in [0.1, 0.15) is 27.2 Å². The number of aryl methyl sites for hydroxylation is 3. The van der Waals surface area contributed by atoms with E-state index < -0.39 is 5.97 Å². The molecule has 4 rings (SSSR count). The largest absolute Gasteiger partial charge is 0.477 e. The summed E-state index contributed by atoms with van der Waals surface area (Å²) in [5.41, 5.74) is 2.33. The molecule has 10 heteroatoms. The average Bonchev–Trinajstić information content (AvgIpc) is 3.30. The maximum atomic E-state index is 13.4. The molecule has 0 fully saturated rings. The van der Waals surface area contributed by atoms with Crippen molar-refractivity contribution in [3.8, 4) is 33.5 Å². The zero-order valence-electron chi connectivity index (χ0n) is 16.3. The van der Waals surface area contributed by atoms with E-state index in [1.165, 1.54) is 16.9 Å². The summed E-state index contributed by atoms with van der Waals surface area (Å²) in [4.78, 5) is 17.2. The fourth-order valence-corrected chi connectivity index (χ4v) is 3.78. The number of halogens is 1. The monoisotopic (exact) mass is 425 g/mol. The Hall–Kier alpha value is -3.66. The van der Waals surface area contributed by atoms with E-state index in [0.717, 1.165) is 11.3 Å². The minimum absolute atomic E-state index is 0.187. The molecule has 152 valence electrons. The molecular weight excluding hydrogens is 409 g/mol. The van der Waals surface area contributed by atoms with Gasteiger partial charge < -0.3 is 9.84 Å². The van der Waals surface area contributed by atoms with E-state index >= 15 is 0 Å². The van der Waals surface area contributed by atoms with Crippen LogP contribution in [0.3, 0.4) is 0 Å². The molecule has 1 N–H and O–H groups in total. The third-order valence-corrected chi connectivity index (χ3v) is 5.52. The van der Waals surface area contributed by atoms with Crippen molar-refractivity contribution in [2.45, 2.75) is 13.8 Å². The summed E-state index contributed by atoms with van der Waals surface area (Å²) in [5, 5.41) is 22.0. The first-order chi connectivity index (χ1) is 14.3. The first-order valence-corrected chi connectivity index (χ1v) is 9.67. The van der Waals surface area contributed by atoms with Crippen LogP contribution >= 0.6 is 11.3 Å². The van der Waals surface area contributed by atoms with Crippen molar-refractivity contribution in [1.82, 2.24) is 25.2 Å². The highest BCUT2D eigenvalue weighted by Gasteiger charge is 2.19. The number of carboxylic acid groups (broad SMARTS) is 1. The summed E-state index contributed by atoms with van der Waals surface area (Å²) in [7, 11) is 1.65. The van der Waals surface area contributed by atoms with Gasteiger partial charge in [-0.3, -0.25) is 0 Å². The number of hydrogen-bond acceptors (Lipinski definition) is 7. The van der Waals surface area contributed by atoms with Crippen molar-refractivity contribution < 1.29 is 19.0 Å². The Morgan fingerprint density at radius 3 is 2.57 bits per heavy atom. The number of nitrogens with zero attached hydrogens (tertiary/aromatic N) is 5. The van der Waals surface area contributed by atoms with Crippen molar-refractivity contribution in [1.29, 1.82) is 0 Å².